The largest absolute Gasteiger partial charge is 0.417 e. The van der Waals surface area contributed by atoms with Crippen molar-refractivity contribution in [1.82, 2.24) is 0 Å². The molecule has 1 aliphatic rings. The fraction of sp³-hybridized carbons (Fsp3) is 0.250. The first-order valence-corrected chi connectivity index (χ1v) is 4.23. The van der Waals surface area contributed by atoms with Crippen molar-refractivity contribution in [2.45, 2.75) is 20.3 Å². The van der Waals surface area contributed by atoms with Crippen LogP contribution in [-0.4, -0.2) is 0 Å². The molecule has 0 bridgehead atoms. The van der Waals surface area contributed by atoms with E-state index in [2.05, 4.69) is 37.6 Å². The first-order chi connectivity index (χ1) is 5.79. The van der Waals surface area contributed by atoms with Gasteiger partial charge < -0.3 is 24.1 Å². The van der Waals surface area contributed by atoms with Crippen molar-refractivity contribution in [2.75, 3.05) is 0 Å². The molecule has 0 aliphatic heterocycles. The van der Waals surface area contributed by atoms with Crippen LogP contribution in [0.5, 0.6) is 0 Å². The Balaban J connectivity index is -0.000000169. The van der Waals surface area contributed by atoms with E-state index < -0.39 is 0 Å². The Hall–Kier alpha value is 4.35. The molecule has 5 heteroatoms. The number of allylic oxidation sites excluding steroid dienone is 1. The summed E-state index contributed by atoms with van der Waals surface area (Å²) in [6.07, 6.45) is 6.42. The van der Waals surface area contributed by atoms with E-state index in [4.69, 9.17) is 0 Å². The molecular formula is C12H11Y5-3. The summed E-state index contributed by atoms with van der Waals surface area (Å²) in [4.78, 5) is 0. The molecule has 2 rings (SSSR count). The van der Waals surface area contributed by atoms with Crippen molar-refractivity contribution in [2.24, 2.45) is 0 Å². The van der Waals surface area contributed by atoms with Gasteiger partial charge in [-0.1, -0.05) is 13.3 Å². The summed E-state index contributed by atoms with van der Waals surface area (Å²) in [7, 11) is 0. The zero-order valence-electron chi connectivity index (χ0n) is 10.3. The normalized spacial score (nSPS) is 9.88. The third kappa shape index (κ3) is 9.16. The average molecular weight is 600 g/mol. The van der Waals surface area contributed by atoms with Crippen molar-refractivity contribution in [3.05, 3.63) is 53.0 Å². The molecule has 0 nitrogen and oxygen atoms in total. The van der Waals surface area contributed by atoms with Crippen LogP contribution in [0.4, 0.5) is 0 Å². The molecule has 0 saturated heterocycles. The van der Waals surface area contributed by atoms with Gasteiger partial charge in [0, 0.05) is 164 Å². The van der Waals surface area contributed by atoms with Gasteiger partial charge in [-0.15, -0.1) is 12.5 Å². The average Bonchev–Trinajstić information content (AvgIpc) is 2.43. The van der Waals surface area contributed by atoms with Crippen LogP contribution in [0.25, 0.3) is 0 Å². The molecule has 17 heavy (non-hydrogen) atoms. The van der Waals surface area contributed by atoms with Crippen LogP contribution < -0.4 is 0 Å². The van der Waals surface area contributed by atoms with Gasteiger partial charge in [0.1, 0.15) is 0 Å². The van der Waals surface area contributed by atoms with Crippen molar-refractivity contribution < 1.29 is 164 Å². The van der Waals surface area contributed by atoms with Gasteiger partial charge in [0.15, 0.2) is 0 Å². The monoisotopic (exact) mass is 600 g/mol. The maximum absolute atomic E-state index is 3.37. The molecule has 0 atom stereocenters. The number of hydrogen-bond acceptors (Lipinski definition) is 0. The summed E-state index contributed by atoms with van der Waals surface area (Å²) < 4.78 is 0. The van der Waals surface area contributed by atoms with E-state index >= 15 is 0 Å². The fourth-order valence-electron chi connectivity index (χ4n) is 1.52. The van der Waals surface area contributed by atoms with Crippen molar-refractivity contribution in [1.29, 1.82) is 0 Å². The molecule has 0 fully saturated rings. The van der Waals surface area contributed by atoms with E-state index in [1.54, 1.807) is 0 Å². The van der Waals surface area contributed by atoms with Gasteiger partial charge >= 0.3 is 0 Å². The molecule has 0 amide bonds. The summed E-state index contributed by atoms with van der Waals surface area (Å²) in [6, 6.07) is 7.58. The van der Waals surface area contributed by atoms with E-state index in [1.807, 2.05) is 6.92 Å². The van der Waals surface area contributed by atoms with E-state index in [0.29, 0.717) is 0 Å². The van der Waals surface area contributed by atoms with E-state index in [1.165, 1.54) is 22.3 Å². The maximum Gasteiger partial charge on any atom is 0 e. The van der Waals surface area contributed by atoms with Gasteiger partial charge in [0.25, 0.3) is 0 Å². The third-order valence-corrected chi connectivity index (χ3v) is 2.15. The smallest absolute Gasteiger partial charge is 0 e. The number of fused-ring (bicyclic) bond motifs is 1. The molecule has 1 aromatic rings. The van der Waals surface area contributed by atoms with Crippen LogP contribution in [-0.2, 0) is 170 Å². The molecule has 77 valence electrons. The van der Waals surface area contributed by atoms with E-state index in [0.717, 1.165) is 6.42 Å². The molecule has 0 N–H and O–H groups in total. The second-order valence-corrected chi connectivity index (χ2v) is 3.18. The van der Waals surface area contributed by atoms with E-state index in [-0.39, 0.29) is 164 Å². The summed E-state index contributed by atoms with van der Waals surface area (Å²) in [5.74, 6) is 0. The first-order valence-electron chi connectivity index (χ1n) is 4.23. The fourth-order valence-corrected chi connectivity index (χ4v) is 1.52. The minimum atomic E-state index is 0. The topological polar surface area (TPSA) is 0 Å². The number of rotatable bonds is 1. The Morgan fingerprint density at radius 3 is 2.18 bits per heavy atom. The molecule has 5 radical (unpaired) electrons. The minimum absolute atomic E-state index is 0. The Morgan fingerprint density at radius 1 is 1.06 bits per heavy atom. The zero-order chi connectivity index (χ0) is 8.55. The van der Waals surface area contributed by atoms with Gasteiger partial charge in [-0.25, -0.2) is 5.56 Å². The van der Waals surface area contributed by atoms with Gasteiger partial charge in [-0.3, -0.25) is 11.6 Å². The van der Waals surface area contributed by atoms with Gasteiger partial charge in [-0.2, -0.15) is 6.08 Å². The minimum Gasteiger partial charge on any atom is -0.417 e. The van der Waals surface area contributed by atoms with Crippen LogP contribution in [0.15, 0.2) is 17.7 Å². The number of hydrogen-bond donors (Lipinski definition) is 0. The molecule has 1 aliphatic carbocycles. The summed E-state index contributed by atoms with van der Waals surface area (Å²) in [5.41, 5.74) is 5.01. The quantitative estimate of drug-likeness (QED) is 0.436. The Kier molecular flexibility index (Phi) is 26.4. The van der Waals surface area contributed by atoms with Gasteiger partial charge in [-0.05, 0) is 0 Å². The SMILES string of the molecule is C[CH-]c1[c-]c2c(cc1)[C-]=C(C)C2.[Y].[Y].[Y].[Y].[Y]. The Bertz CT molecular complexity index is 347. The second kappa shape index (κ2) is 15.3. The summed E-state index contributed by atoms with van der Waals surface area (Å²) >= 11 is 0. The van der Waals surface area contributed by atoms with E-state index in [9.17, 15) is 0 Å². The summed E-state index contributed by atoms with van der Waals surface area (Å²) in [6.45, 7) is 4.15. The second-order valence-electron chi connectivity index (χ2n) is 3.18. The van der Waals surface area contributed by atoms with Crippen molar-refractivity contribution in [3.8, 4) is 0 Å². The van der Waals surface area contributed by atoms with Crippen LogP contribution in [0.1, 0.15) is 30.5 Å². The molecule has 0 spiro atoms. The predicted molar refractivity (Wildman–Crippen MR) is 49.6 cm³/mol. The Morgan fingerprint density at radius 2 is 1.65 bits per heavy atom. The third-order valence-electron chi connectivity index (χ3n) is 2.15. The van der Waals surface area contributed by atoms with Crippen LogP contribution in [0, 0.1) is 18.6 Å². The van der Waals surface area contributed by atoms with Gasteiger partial charge in [0.2, 0.25) is 0 Å². The molecular weight excluding hydrogens is 589 g/mol. The first kappa shape index (κ1) is 29.4. The van der Waals surface area contributed by atoms with Crippen LogP contribution >= 0.6 is 0 Å². The number of benzene rings is 1. The molecule has 0 unspecified atom stereocenters. The van der Waals surface area contributed by atoms with Crippen molar-refractivity contribution >= 4 is 0 Å². The Labute approximate surface area is 231 Å². The molecule has 1 aromatic carbocycles. The predicted octanol–water partition coefficient (Wildman–Crippen LogP) is 2.70. The van der Waals surface area contributed by atoms with Crippen LogP contribution in [0.3, 0.4) is 0 Å². The molecule has 0 aromatic heterocycles. The maximum atomic E-state index is 3.37. The van der Waals surface area contributed by atoms with Crippen LogP contribution in [0.2, 0.25) is 0 Å². The zero-order valence-corrected chi connectivity index (χ0v) is 24.5. The molecule has 0 saturated carbocycles. The standard InChI is InChI=1S/C12H11.5Y/c1-3-10-4-5-11-6-9(2)7-12(11)8-10;;;;;/h3-5H,7H2,1-2H3;;;;;/q-3;;;;;. The van der Waals surface area contributed by atoms with Gasteiger partial charge in [0.05, 0.1) is 0 Å². The summed E-state index contributed by atoms with van der Waals surface area (Å²) in [5, 5.41) is 0. The van der Waals surface area contributed by atoms with Crippen molar-refractivity contribution in [3.63, 3.8) is 0 Å². The molecule has 0 heterocycles.